The van der Waals surface area contributed by atoms with Crippen LogP contribution >= 0.6 is 11.8 Å². The molecule has 7 heteroatoms. The maximum absolute atomic E-state index is 13.1. The number of carbonyl (C=O) groups is 1. The fourth-order valence-electron chi connectivity index (χ4n) is 2.11. The summed E-state index contributed by atoms with van der Waals surface area (Å²) in [6.07, 6.45) is 1.99. The lowest BCUT2D eigenvalue weighted by molar-refractivity contribution is 0.0990. The summed E-state index contributed by atoms with van der Waals surface area (Å²) in [5.74, 6) is -0.681. The van der Waals surface area contributed by atoms with Crippen molar-refractivity contribution in [3.63, 3.8) is 0 Å². The van der Waals surface area contributed by atoms with Gasteiger partial charge in [0.2, 0.25) is 5.82 Å². The highest BCUT2D eigenvalue weighted by atomic mass is 32.2. The summed E-state index contributed by atoms with van der Waals surface area (Å²) >= 11 is 1.63. The highest BCUT2D eigenvalue weighted by Gasteiger charge is 2.16. The van der Waals surface area contributed by atoms with E-state index in [9.17, 15) is 9.18 Å². The summed E-state index contributed by atoms with van der Waals surface area (Å²) in [6, 6.07) is 13.5. The van der Waals surface area contributed by atoms with Crippen molar-refractivity contribution in [1.29, 1.82) is 0 Å². The molecule has 0 aliphatic carbocycles. The van der Waals surface area contributed by atoms with Crippen molar-refractivity contribution >= 4 is 17.7 Å². The fourth-order valence-corrected chi connectivity index (χ4v) is 2.51. The van der Waals surface area contributed by atoms with Gasteiger partial charge in [-0.15, -0.1) is 16.9 Å². The van der Waals surface area contributed by atoms with Gasteiger partial charge in [-0.25, -0.2) is 14.1 Å². The van der Waals surface area contributed by atoms with Gasteiger partial charge in [-0.1, -0.05) is 12.1 Å². The average Bonchev–Trinajstić information content (AvgIpc) is 3.01. The minimum Gasteiger partial charge on any atom is -0.363 e. The molecule has 1 aromatic heterocycles. The maximum Gasteiger partial charge on any atom is 0.288 e. The van der Waals surface area contributed by atoms with E-state index in [2.05, 4.69) is 10.1 Å². The second-order valence-electron chi connectivity index (χ2n) is 4.74. The van der Waals surface area contributed by atoms with Crippen LogP contribution in [0, 0.1) is 5.82 Å². The van der Waals surface area contributed by atoms with Crippen molar-refractivity contribution in [1.82, 2.24) is 14.8 Å². The number of rotatable bonds is 4. The van der Waals surface area contributed by atoms with Crippen molar-refractivity contribution in [2.75, 3.05) is 6.26 Å². The van der Waals surface area contributed by atoms with Gasteiger partial charge in [-0.05, 0) is 42.7 Å². The molecule has 3 rings (SSSR count). The van der Waals surface area contributed by atoms with Crippen molar-refractivity contribution in [2.45, 2.75) is 4.90 Å². The molecule has 0 bridgehead atoms. The molecule has 0 saturated heterocycles. The van der Waals surface area contributed by atoms with Gasteiger partial charge in [-0.2, -0.15) is 0 Å². The largest absolute Gasteiger partial charge is 0.363 e. The standard InChI is InChI=1S/C16H13FN4OS/c1-23-13-8-2-10(3-9-13)16-19-15(14(18)22)20-21(16)12-6-4-11(17)5-7-12/h2-9H,1H3,(H2,18,22). The second kappa shape index (κ2) is 6.21. The van der Waals surface area contributed by atoms with Gasteiger partial charge in [0.1, 0.15) is 5.82 Å². The SMILES string of the molecule is CSc1ccc(-c2nc(C(N)=O)nn2-c2ccc(F)cc2)cc1. The number of nitrogens with two attached hydrogens (primary N) is 1. The van der Waals surface area contributed by atoms with Crippen molar-refractivity contribution in [3.05, 3.63) is 60.2 Å². The topological polar surface area (TPSA) is 73.8 Å². The molecule has 0 radical (unpaired) electrons. The third-order valence-electron chi connectivity index (χ3n) is 3.25. The number of carbonyl (C=O) groups excluding carboxylic acids is 1. The number of hydrogen-bond acceptors (Lipinski definition) is 4. The first kappa shape index (κ1) is 15.2. The zero-order valence-corrected chi connectivity index (χ0v) is 13.0. The van der Waals surface area contributed by atoms with Crippen LogP contribution in [0.2, 0.25) is 0 Å². The molecule has 0 saturated carbocycles. The summed E-state index contributed by atoms with van der Waals surface area (Å²) in [4.78, 5) is 16.7. The van der Waals surface area contributed by atoms with Gasteiger partial charge in [-0.3, -0.25) is 4.79 Å². The number of aromatic nitrogens is 3. The molecule has 0 fully saturated rings. The van der Waals surface area contributed by atoms with Crippen LogP contribution in [0.25, 0.3) is 17.1 Å². The molecule has 5 nitrogen and oxygen atoms in total. The van der Waals surface area contributed by atoms with E-state index < -0.39 is 5.91 Å². The quantitative estimate of drug-likeness (QED) is 0.747. The smallest absolute Gasteiger partial charge is 0.288 e. The summed E-state index contributed by atoms with van der Waals surface area (Å²) in [5, 5.41) is 4.13. The number of nitrogens with zero attached hydrogens (tertiary/aromatic N) is 3. The molecule has 2 N–H and O–H groups in total. The molecule has 1 amide bonds. The van der Waals surface area contributed by atoms with Crippen molar-refractivity contribution in [3.8, 4) is 17.1 Å². The van der Waals surface area contributed by atoms with E-state index in [-0.39, 0.29) is 11.6 Å². The third-order valence-corrected chi connectivity index (χ3v) is 3.99. The van der Waals surface area contributed by atoms with Crippen molar-refractivity contribution < 1.29 is 9.18 Å². The number of thioether (sulfide) groups is 1. The first-order valence-electron chi connectivity index (χ1n) is 6.75. The number of hydrogen-bond donors (Lipinski definition) is 1. The Morgan fingerprint density at radius 1 is 1.13 bits per heavy atom. The van der Waals surface area contributed by atoms with E-state index in [1.54, 1.807) is 23.9 Å². The minimum atomic E-state index is -0.715. The third kappa shape index (κ3) is 3.09. The van der Waals surface area contributed by atoms with E-state index >= 15 is 0 Å². The molecule has 0 aliphatic heterocycles. The van der Waals surface area contributed by atoms with Crippen LogP contribution < -0.4 is 5.73 Å². The number of halogens is 1. The first-order chi connectivity index (χ1) is 11.1. The first-order valence-corrected chi connectivity index (χ1v) is 7.98. The lowest BCUT2D eigenvalue weighted by Gasteiger charge is -2.06. The van der Waals surface area contributed by atoms with E-state index in [1.807, 2.05) is 30.5 Å². The van der Waals surface area contributed by atoms with Crippen LogP contribution in [0.5, 0.6) is 0 Å². The molecular weight excluding hydrogens is 315 g/mol. The molecule has 23 heavy (non-hydrogen) atoms. The van der Waals surface area contributed by atoms with E-state index in [0.29, 0.717) is 11.5 Å². The van der Waals surface area contributed by atoms with E-state index in [1.165, 1.54) is 16.8 Å². The van der Waals surface area contributed by atoms with Crippen molar-refractivity contribution in [2.24, 2.45) is 5.73 Å². The zero-order chi connectivity index (χ0) is 16.4. The lowest BCUT2D eigenvalue weighted by atomic mass is 10.2. The van der Waals surface area contributed by atoms with Gasteiger partial charge in [0.15, 0.2) is 5.82 Å². The van der Waals surface area contributed by atoms with E-state index in [4.69, 9.17) is 5.73 Å². The fraction of sp³-hybridized carbons (Fsp3) is 0.0625. The van der Waals surface area contributed by atoms with Crippen LogP contribution in [0.1, 0.15) is 10.6 Å². The average molecular weight is 328 g/mol. The van der Waals surface area contributed by atoms with Gasteiger partial charge in [0.05, 0.1) is 5.69 Å². The second-order valence-corrected chi connectivity index (χ2v) is 5.62. The maximum atomic E-state index is 13.1. The van der Waals surface area contributed by atoms with E-state index in [0.717, 1.165) is 10.5 Å². The predicted molar refractivity (Wildman–Crippen MR) is 87.1 cm³/mol. The van der Waals surface area contributed by atoms with Gasteiger partial charge < -0.3 is 5.73 Å². The Balaban J connectivity index is 2.13. The van der Waals surface area contributed by atoms with Crippen LogP contribution in [0.4, 0.5) is 4.39 Å². The molecule has 2 aromatic carbocycles. The summed E-state index contributed by atoms with van der Waals surface area (Å²) < 4.78 is 14.6. The van der Waals surface area contributed by atoms with Crippen LogP contribution in [-0.4, -0.2) is 26.9 Å². The normalized spacial score (nSPS) is 10.7. The molecular formula is C16H13FN4OS. The Morgan fingerprint density at radius 3 is 2.35 bits per heavy atom. The Bertz CT molecular complexity index is 844. The molecule has 0 aliphatic rings. The Hall–Kier alpha value is -2.67. The molecule has 3 aromatic rings. The number of primary amides is 1. The predicted octanol–water partition coefficient (Wildman–Crippen LogP) is 2.89. The Kier molecular flexibility index (Phi) is 4.12. The molecule has 0 unspecified atom stereocenters. The van der Waals surface area contributed by atoms with Gasteiger partial charge in [0, 0.05) is 10.5 Å². The summed E-state index contributed by atoms with van der Waals surface area (Å²) in [5.41, 5.74) is 6.66. The lowest BCUT2D eigenvalue weighted by Crippen LogP contribution is -2.13. The van der Waals surface area contributed by atoms with Crippen LogP contribution in [0.15, 0.2) is 53.4 Å². The van der Waals surface area contributed by atoms with Crippen LogP contribution in [-0.2, 0) is 0 Å². The monoisotopic (exact) mass is 328 g/mol. The highest BCUT2D eigenvalue weighted by Crippen LogP contribution is 2.24. The number of benzene rings is 2. The molecule has 1 heterocycles. The van der Waals surface area contributed by atoms with Crippen LogP contribution in [0.3, 0.4) is 0 Å². The summed E-state index contributed by atoms with van der Waals surface area (Å²) in [6.45, 7) is 0. The molecule has 0 atom stereocenters. The molecule has 0 spiro atoms. The zero-order valence-electron chi connectivity index (χ0n) is 12.2. The Labute approximate surface area is 136 Å². The molecule has 116 valence electrons. The summed E-state index contributed by atoms with van der Waals surface area (Å²) in [7, 11) is 0. The Morgan fingerprint density at radius 2 is 1.78 bits per heavy atom. The van der Waals surface area contributed by atoms with Gasteiger partial charge in [0.25, 0.3) is 5.91 Å². The minimum absolute atomic E-state index is 0.0849. The highest BCUT2D eigenvalue weighted by molar-refractivity contribution is 7.98. The van der Waals surface area contributed by atoms with Gasteiger partial charge >= 0.3 is 0 Å². The number of amides is 1.